The number of carbonyl (C=O) groups is 3. The van der Waals surface area contributed by atoms with E-state index in [0.29, 0.717) is 18.6 Å². The van der Waals surface area contributed by atoms with Crippen molar-refractivity contribution in [3.8, 4) is 0 Å². The number of amides is 1. The van der Waals surface area contributed by atoms with E-state index < -0.39 is 35.6 Å². The van der Waals surface area contributed by atoms with Crippen LogP contribution in [0.4, 0.5) is 14.9 Å². The van der Waals surface area contributed by atoms with E-state index in [2.05, 4.69) is 5.32 Å². The Kier molecular flexibility index (Phi) is 6.92. The van der Waals surface area contributed by atoms with Gasteiger partial charge >= 0.3 is 18.0 Å². The van der Waals surface area contributed by atoms with Crippen molar-refractivity contribution in [3.63, 3.8) is 0 Å². The molecule has 1 saturated carbocycles. The third-order valence-corrected chi connectivity index (χ3v) is 6.04. The summed E-state index contributed by atoms with van der Waals surface area (Å²) in [6.07, 6.45) is 1.36. The number of halogens is 1. The van der Waals surface area contributed by atoms with E-state index in [9.17, 15) is 24.3 Å². The Morgan fingerprint density at radius 3 is 2.46 bits per heavy atom. The van der Waals surface area contributed by atoms with Crippen LogP contribution in [-0.2, 0) is 14.3 Å². The predicted octanol–water partition coefficient (Wildman–Crippen LogP) is 1.54. The Hall–Kier alpha value is -3.67. The number of nitrogens with zero attached hydrogens (tertiary/aromatic N) is 3. The number of carbonyl (C=O) groups excluding carboxylic acids is 2. The summed E-state index contributed by atoms with van der Waals surface area (Å²) in [5.74, 6) is -2.53. The lowest BCUT2D eigenvalue weighted by atomic mass is 10.1. The fraction of sp³-hybridized carbons (Fsp3) is 0.478. The lowest BCUT2D eigenvalue weighted by Crippen LogP contribution is -2.49. The Morgan fingerprint density at radius 2 is 1.86 bits per heavy atom. The minimum absolute atomic E-state index is 0.00983. The summed E-state index contributed by atoms with van der Waals surface area (Å²) in [5, 5.41) is 12.1. The first-order valence-corrected chi connectivity index (χ1v) is 11.4. The number of esters is 1. The summed E-state index contributed by atoms with van der Waals surface area (Å²) in [7, 11) is 1.59. The van der Waals surface area contributed by atoms with Gasteiger partial charge in [0.05, 0.1) is 17.7 Å². The zero-order valence-electron chi connectivity index (χ0n) is 19.5. The van der Waals surface area contributed by atoms with Crippen LogP contribution in [0.25, 0.3) is 10.9 Å². The van der Waals surface area contributed by atoms with Gasteiger partial charge in [0.25, 0.3) is 0 Å². The second-order valence-corrected chi connectivity index (χ2v) is 8.58. The standard InChI is InChI=1S/C23H27FN4O7/c1-13(34-20(29)11-25-2)35-23(33)27-7-5-26(6-8-27)19-10-18-15(9-17(19)24)21(30)16(22(31)32)12-28(18)14-3-4-14/h9-10,12-14,25H,3-8,11H2,1-2H3,(H,31,32). The van der Waals surface area contributed by atoms with Crippen molar-refractivity contribution in [3.05, 3.63) is 39.9 Å². The van der Waals surface area contributed by atoms with Gasteiger partial charge in [-0.15, -0.1) is 0 Å². The average Bonchev–Trinajstić information content (AvgIpc) is 3.64. The fourth-order valence-electron chi connectivity index (χ4n) is 4.15. The number of benzene rings is 1. The fourth-order valence-corrected chi connectivity index (χ4v) is 4.15. The monoisotopic (exact) mass is 490 g/mol. The second-order valence-electron chi connectivity index (χ2n) is 8.58. The molecule has 12 heteroatoms. The van der Waals surface area contributed by atoms with E-state index in [1.807, 2.05) is 0 Å². The number of carboxylic acids is 1. The van der Waals surface area contributed by atoms with Crippen molar-refractivity contribution in [2.75, 3.05) is 44.7 Å². The Balaban J connectivity index is 1.49. The van der Waals surface area contributed by atoms with E-state index in [4.69, 9.17) is 9.47 Å². The molecule has 2 heterocycles. The third-order valence-electron chi connectivity index (χ3n) is 6.04. The number of nitrogens with one attached hydrogen (secondary N) is 1. The van der Waals surface area contributed by atoms with E-state index >= 15 is 4.39 Å². The van der Waals surface area contributed by atoms with Gasteiger partial charge in [0.15, 0.2) is 0 Å². The lowest BCUT2D eigenvalue weighted by Gasteiger charge is -2.36. The first kappa shape index (κ1) is 24.5. The smallest absolute Gasteiger partial charge is 0.412 e. The molecule has 0 bridgehead atoms. The number of carboxylic acid groups (broad SMARTS) is 1. The summed E-state index contributed by atoms with van der Waals surface area (Å²) >= 11 is 0. The molecule has 1 aliphatic heterocycles. The lowest BCUT2D eigenvalue weighted by molar-refractivity contribution is -0.164. The summed E-state index contributed by atoms with van der Waals surface area (Å²) in [6.45, 7) is 2.56. The summed E-state index contributed by atoms with van der Waals surface area (Å²) in [6, 6.07) is 2.75. The zero-order chi connectivity index (χ0) is 25.3. The number of aromatic nitrogens is 1. The molecule has 0 spiro atoms. The maximum absolute atomic E-state index is 15.1. The topological polar surface area (TPSA) is 130 Å². The van der Waals surface area contributed by atoms with E-state index in [1.165, 1.54) is 18.0 Å². The number of likely N-dealkylation sites (N-methyl/N-ethyl adjacent to an activating group) is 1. The Labute approximate surface area is 200 Å². The maximum atomic E-state index is 15.1. The quantitative estimate of drug-likeness (QED) is 0.438. The molecule has 2 fully saturated rings. The van der Waals surface area contributed by atoms with Gasteiger partial charge in [-0.2, -0.15) is 0 Å². The van der Waals surface area contributed by atoms with Crippen LogP contribution in [0.2, 0.25) is 0 Å². The molecule has 188 valence electrons. The van der Waals surface area contributed by atoms with Crippen molar-refractivity contribution in [1.82, 2.24) is 14.8 Å². The molecular weight excluding hydrogens is 463 g/mol. The highest BCUT2D eigenvalue weighted by atomic mass is 19.1. The highest BCUT2D eigenvalue weighted by Gasteiger charge is 2.29. The van der Waals surface area contributed by atoms with Gasteiger partial charge in [0.1, 0.15) is 11.4 Å². The number of anilines is 1. The summed E-state index contributed by atoms with van der Waals surface area (Å²) in [5.41, 5.74) is -0.337. The molecule has 4 rings (SSSR count). The molecule has 1 saturated heterocycles. The SMILES string of the molecule is CNCC(=O)OC(C)OC(=O)N1CCN(c2cc3c(cc2F)c(=O)c(C(=O)O)cn3C2CC2)CC1. The first-order valence-electron chi connectivity index (χ1n) is 11.4. The van der Waals surface area contributed by atoms with Crippen LogP contribution in [0, 0.1) is 5.82 Å². The number of piperazine rings is 1. The van der Waals surface area contributed by atoms with Crippen LogP contribution in [0.15, 0.2) is 23.1 Å². The maximum Gasteiger partial charge on any atom is 0.412 e. The van der Waals surface area contributed by atoms with Crippen molar-refractivity contribution in [1.29, 1.82) is 0 Å². The van der Waals surface area contributed by atoms with Crippen molar-refractivity contribution >= 4 is 34.6 Å². The zero-order valence-corrected chi connectivity index (χ0v) is 19.5. The number of fused-ring (bicyclic) bond motifs is 1. The van der Waals surface area contributed by atoms with E-state index in [1.54, 1.807) is 22.6 Å². The average molecular weight is 490 g/mol. The molecule has 2 N–H and O–H groups in total. The molecule has 2 aromatic rings. The van der Waals surface area contributed by atoms with Gasteiger partial charge in [0.2, 0.25) is 11.7 Å². The van der Waals surface area contributed by atoms with Crippen LogP contribution in [0.3, 0.4) is 0 Å². The van der Waals surface area contributed by atoms with Crippen LogP contribution < -0.4 is 15.6 Å². The normalized spacial score (nSPS) is 16.8. The van der Waals surface area contributed by atoms with Crippen molar-refractivity contribution in [2.24, 2.45) is 0 Å². The highest BCUT2D eigenvalue weighted by molar-refractivity contribution is 5.93. The Bertz CT molecular complexity index is 1220. The molecule has 1 unspecified atom stereocenters. The van der Waals surface area contributed by atoms with E-state index in [0.717, 1.165) is 18.9 Å². The molecule has 1 atom stereocenters. The van der Waals surface area contributed by atoms with Gasteiger partial charge in [-0.1, -0.05) is 0 Å². The van der Waals surface area contributed by atoms with Crippen LogP contribution in [0.5, 0.6) is 0 Å². The summed E-state index contributed by atoms with van der Waals surface area (Å²) in [4.78, 5) is 51.3. The predicted molar refractivity (Wildman–Crippen MR) is 123 cm³/mol. The third kappa shape index (κ3) is 5.21. The van der Waals surface area contributed by atoms with Gasteiger partial charge in [-0.3, -0.25) is 9.59 Å². The molecule has 2 aliphatic rings. The molecule has 1 amide bonds. The minimum atomic E-state index is -1.34. The molecule has 1 aromatic heterocycles. The molecule has 1 aliphatic carbocycles. The minimum Gasteiger partial charge on any atom is -0.477 e. The van der Waals surface area contributed by atoms with Gasteiger partial charge in [-0.05, 0) is 32.0 Å². The largest absolute Gasteiger partial charge is 0.477 e. The summed E-state index contributed by atoms with van der Waals surface area (Å²) < 4.78 is 27.0. The molecule has 35 heavy (non-hydrogen) atoms. The van der Waals surface area contributed by atoms with Crippen LogP contribution in [-0.4, -0.2) is 78.7 Å². The molecule has 1 aromatic carbocycles. The molecule has 0 radical (unpaired) electrons. The highest BCUT2D eigenvalue weighted by Crippen LogP contribution is 2.38. The number of rotatable bonds is 7. The van der Waals surface area contributed by atoms with Gasteiger partial charge in [0, 0.05) is 50.7 Å². The number of pyridine rings is 1. The number of hydrogen-bond acceptors (Lipinski definition) is 8. The van der Waals surface area contributed by atoms with Crippen LogP contribution in [0.1, 0.15) is 36.2 Å². The van der Waals surface area contributed by atoms with E-state index in [-0.39, 0.29) is 42.3 Å². The van der Waals surface area contributed by atoms with Crippen LogP contribution >= 0.6 is 0 Å². The van der Waals surface area contributed by atoms with Gasteiger partial charge in [-0.25, -0.2) is 14.0 Å². The number of aromatic carboxylic acids is 1. The second kappa shape index (κ2) is 9.90. The van der Waals surface area contributed by atoms with Gasteiger partial charge < -0.3 is 34.3 Å². The Morgan fingerprint density at radius 1 is 1.17 bits per heavy atom. The molecular formula is C23H27FN4O7. The van der Waals surface area contributed by atoms with Crippen molar-refractivity contribution in [2.45, 2.75) is 32.1 Å². The number of ether oxygens (including phenoxy) is 2. The van der Waals surface area contributed by atoms with Crippen molar-refractivity contribution < 1.29 is 33.4 Å². The molecule has 11 nitrogen and oxygen atoms in total. The first-order chi connectivity index (χ1) is 16.7. The number of hydrogen-bond donors (Lipinski definition) is 2.